The minimum atomic E-state index is -0.220. The van der Waals surface area contributed by atoms with Gasteiger partial charge in [0.05, 0.1) is 11.7 Å². The van der Waals surface area contributed by atoms with E-state index in [1.54, 1.807) is 18.3 Å². The summed E-state index contributed by atoms with van der Waals surface area (Å²) in [5, 5.41) is 8.29. The molecule has 0 aliphatic rings. The zero-order valence-corrected chi connectivity index (χ0v) is 14.6. The van der Waals surface area contributed by atoms with Crippen molar-refractivity contribution in [1.29, 1.82) is 0 Å². The van der Waals surface area contributed by atoms with Crippen LogP contribution in [-0.2, 0) is 0 Å². The number of fused-ring (bicyclic) bond motifs is 1. The number of aromatic nitrogens is 2. The van der Waals surface area contributed by atoms with Crippen LogP contribution in [0.1, 0.15) is 34.8 Å². The molecule has 0 radical (unpaired) electrons. The summed E-state index contributed by atoms with van der Waals surface area (Å²) >= 11 is 0. The van der Waals surface area contributed by atoms with Gasteiger partial charge in [-0.3, -0.25) is 4.79 Å². The maximum absolute atomic E-state index is 12.5. The lowest BCUT2D eigenvalue weighted by Crippen LogP contribution is -2.26. The average molecular weight is 345 g/mol. The van der Waals surface area contributed by atoms with E-state index in [1.165, 1.54) is 0 Å². The highest BCUT2D eigenvalue weighted by Crippen LogP contribution is 2.23. The number of hydrogen-bond acceptors (Lipinski definition) is 3. The second-order valence-electron chi connectivity index (χ2n) is 6.31. The molecule has 0 aliphatic heterocycles. The SMILES string of the molecule is Cc1ccnn1-c1ccc(C(=O)N[C@H](C)c2cc3ccccc3o2)cc1. The Morgan fingerprint density at radius 2 is 1.88 bits per heavy atom. The highest BCUT2D eigenvalue weighted by Gasteiger charge is 2.15. The van der Waals surface area contributed by atoms with Crippen molar-refractivity contribution in [3.8, 4) is 5.69 Å². The highest BCUT2D eigenvalue weighted by atomic mass is 16.3. The Labute approximate surface area is 151 Å². The van der Waals surface area contributed by atoms with Crippen LogP contribution in [0.25, 0.3) is 16.7 Å². The first kappa shape index (κ1) is 16.1. The first-order valence-corrected chi connectivity index (χ1v) is 8.52. The summed E-state index contributed by atoms with van der Waals surface area (Å²) in [6.07, 6.45) is 1.75. The number of carbonyl (C=O) groups excluding carboxylic acids is 1. The molecule has 5 nitrogen and oxygen atoms in total. The molecule has 0 bridgehead atoms. The normalized spacial score (nSPS) is 12.2. The van der Waals surface area contributed by atoms with Crippen molar-refractivity contribution in [3.63, 3.8) is 0 Å². The first-order chi connectivity index (χ1) is 12.6. The molecule has 0 spiro atoms. The maximum Gasteiger partial charge on any atom is 0.251 e. The van der Waals surface area contributed by atoms with E-state index in [0.717, 1.165) is 28.1 Å². The largest absolute Gasteiger partial charge is 0.459 e. The molecular formula is C21H19N3O2. The molecule has 0 fully saturated rings. The molecule has 1 N–H and O–H groups in total. The third kappa shape index (κ3) is 2.99. The lowest BCUT2D eigenvalue weighted by Gasteiger charge is -2.12. The Hall–Kier alpha value is -3.34. The minimum absolute atomic E-state index is 0.137. The molecule has 2 aromatic heterocycles. The van der Waals surface area contributed by atoms with Gasteiger partial charge in [0.25, 0.3) is 5.91 Å². The van der Waals surface area contributed by atoms with Crippen LogP contribution in [0.15, 0.2) is 71.3 Å². The van der Waals surface area contributed by atoms with Crippen molar-refractivity contribution in [2.24, 2.45) is 0 Å². The second kappa shape index (κ2) is 6.52. The van der Waals surface area contributed by atoms with E-state index in [0.29, 0.717) is 5.56 Å². The Kier molecular flexibility index (Phi) is 4.05. The molecule has 4 aromatic rings. The van der Waals surface area contributed by atoms with Gasteiger partial charge in [-0.05, 0) is 56.3 Å². The van der Waals surface area contributed by atoms with Crippen LogP contribution < -0.4 is 5.32 Å². The van der Waals surface area contributed by atoms with Crippen molar-refractivity contribution in [2.45, 2.75) is 19.9 Å². The quantitative estimate of drug-likeness (QED) is 0.596. The number of aryl methyl sites for hydroxylation is 1. The van der Waals surface area contributed by atoms with Crippen LogP contribution in [0.2, 0.25) is 0 Å². The smallest absolute Gasteiger partial charge is 0.251 e. The van der Waals surface area contributed by atoms with E-state index in [-0.39, 0.29) is 11.9 Å². The molecule has 1 atom stereocenters. The van der Waals surface area contributed by atoms with E-state index < -0.39 is 0 Å². The van der Waals surface area contributed by atoms with Crippen molar-refractivity contribution < 1.29 is 9.21 Å². The van der Waals surface area contributed by atoms with E-state index in [4.69, 9.17) is 4.42 Å². The fraction of sp³-hybridized carbons (Fsp3) is 0.143. The number of amides is 1. The third-order valence-corrected chi connectivity index (χ3v) is 4.42. The summed E-state index contributed by atoms with van der Waals surface area (Å²) in [6.45, 7) is 3.90. The topological polar surface area (TPSA) is 60.1 Å². The zero-order valence-electron chi connectivity index (χ0n) is 14.6. The number of hydrogen-bond donors (Lipinski definition) is 1. The van der Waals surface area contributed by atoms with Gasteiger partial charge in [-0.2, -0.15) is 5.10 Å². The van der Waals surface area contributed by atoms with Crippen LogP contribution in [-0.4, -0.2) is 15.7 Å². The number of para-hydroxylation sites is 1. The Bertz CT molecular complexity index is 1030. The second-order valence-corrected chi connectivity index (χ2v) is 6.31. The van der Waals surface area contributed by atoms with Gasteiger partial charge in [-0.15, -0.1) is 0 Å². The van der Waals surface area contributed by atoms with Gasteiger partial charge < -0.3 is 9.73 Å². The van der Waals surface area contributed by atoms with Crippen molar-refractivity contribution in [2.75, 3.05) is 0 Å². The fourth-order valence-corrected chi connectivity index (χ4v) is 2.96. The molecule has 5 heteroatoms. The number of furan rings is 1. The summed E-state index contributed by atoms with van der Waals surface area (Å²) in [5.74, 6) is 0.602. The predicted octanol–water partition coefficient (Wildman–Crippen LogP) is 4.42. The Morgan fingerprint density at radius 1 is 1.12 bits per heavy atom. The number of rotatable bonds is 4. The molecule has 4 rings (SSSR count). The monoisotopic (exact) mass is 345 g/mol. The van der Waals surface area contributed by atoms with Gasteiger partial charge in [0, 0.05) is 22.8 Å². The van der Waals surface area contributed by atoms with Gasteiger partial charge in [-0.1, -0.05) is 18.2 Å². The van der Waals surface area contributed by atoms with Crippen molar-refractivity contribution >= 4 is 16.9 Å². The molecule has 26 heavy (non-hydrogen) atoms. The summed E-state index contributed by atoms with van der Waals surface area (Å²) in [7, 11) is 0. The highest BCUT2D eigenvalue weighted by molar-refractivity contribution is 5.94. The molecule has 0 unspecified atom stereocenters. The molecule has 2 heterocycles. The number of carbonyl (C=O) groups is 1. The zero-order chi connectivity index (χ0) is 18.1. The number of nitrogens with zero attached hydrogens (tertiary/aromatic N) is 2. The molecule has 0 saturated carbocycles. The van der Waals surface area contributed by atoms with Crippen LogP contribution in [0.5, 0.6) is 0 Å². The summed E-state index contributed by atoms with van der Waals surface area (Å²) in [6, 6.07) is 18.9. The van der Waals surface area contributed by atoms with Crippen molar-refractivity contribution in [1.82, 2.24) is 15.1 Å². The van der Waals surface area contributed by atoms with Gasteiger partial charge in [0.2, 0.25) is 0 Å². The first-order valence-electron chi connectivity index (χ1n) is 8.52. The lowest BCUT2D eigenvalue weighted by molar-refractivity contribution is 0.0935. The molecule has 0 aliphatic carbocycles. The summed E-state index contributed by atoms with van der Waals surface area (Å²) in [4.78, 5) is 12.5. The van der Waals surface area contributed by atoms with Crippen LogP contribution in [0.3, 0.4) is 0 Å². The van der Waals surface area contributed by atoms with Crippen molar-refractivity contribution in [3.05, 3.63) is 83.9 Å². The minimum Gasteiger partial charge on any atom is -0.459 e. The molecular weight excluding hydrogens is 326 g/mol. The third-order valence-electron chi connectivity index (χ3n) is 4.42. The average Bonchev–Trinajstić information content (AvgIpc) is 3.27. The van der Waals surface area contributed by atoms with Gasteiger partial charge in [0.15, 0.2) is 0 Å². The molecule has 1 amide bonds. The lowest BCUT2D eigenvalue weighted by atomic mass is 10.1. The molecule has 130 valence electrons. The van der Waals surface area contributed by atoms with Gasteiger partial charge >= 0.3 is 0 Å². The molecule has 0 saturated heterocycles. The maximum atomic E-state index is 12.5. The van der Waals surface area contributed by atoms with Crippen LogP contribution in [0.4, 0.5) is 0 Å². The van der Waals surface area contributed by atoms with Gasteiger partial charge in [0.1, 0.15) is 11.3 Å². The molecule has 2 aromatic carbocycles. The Morgan fingerprint density at radius 3 is 2.58 bits per heavy atom. The number of benzene rings is 2. The van der Waals surface area contributed by atoms with Crippen LogP contribution in [0, 0.1) is 6.92 Å². The number of nitrogens with one attached hydrogen (secondary N) is 1. The summed E-state index contributed by atoms with van der Waals surface area (Å²) < 4.78 is 7.65. The van der Waals surface area contributed by atoms with Gasteiger partial charge in [-0.25, -0.2) is 4.68 Å². The van der Waals surface area contributed by atoms with E-state index in [1.807, 2.05) is 67.1 Å². The van der Waals surface area contributed by atoms with E-state index in [2.05, 4.69) is 10.4 Å². The Balaban J connectivity index is 1.49. The van der Waals surface area contributed by atoms with E-state index in [9.17, 15) is 4.79 Å². The fourth-order valence-electron chi connectivity index (χ4n) is 2.96. The van der Waals surface area contributed by atoms with E-state index >= 15 is 0 Å². The summed E-state index contributed by atoms with van der Waals surface area (Å²) in [5.41, 5.74) is 3.39. The standard InChI is InChI=1S/C21H19N3O2/c1-14-11-12-22-24(14)18-9-7-16(8-10-18)21(25)23-15(2)20-13-17-5-3-4-6-19(17)26-20/h3-13,15H,1-2H3,(H,23,25)/t15-/m1/s1. The van der Waals surface area contributed by atoms with Crippen LogP contribution >= 0.6 is 0 Å². The predicted molar refractivity (Wildman–Crippen MR) is 100 cm³/mol.